The molecular weight excluding hydrogens is 318 g/mol. The van der Waals surface area contributed by atoms with Gasteiger partial charge in [0.05, 0.1) is 24.5 Å². The predicted molar refractivity (Wildman–Crippen MR) is 91.0 cm³/mol. The summed E-state index contributed by atoms with van der Waals surface area (Å²) in [5.74, 6) is 0.627. The van der Waals surface area contributed by atoms with Gasteiger partial charge in [-0.05, 0) is 43.7 Å². The molecule has 7 heteroatoms. The molecule has 0 saturated heterocycles. The molecule has 3 heterocycles. The third-order valence-electron chi connectivity index (χ3n) is 4.96. The van der Waals surface area contributed by atoms with E-state index in [1.165, 1.54) is 24.7 Å². The number of aryl methyl sites for hydroxylation is 1. The van der Waals surface area contributed by atoms with Crippen molar-refractivity contribution in [3.63, 3.8) is 0 Å². The van der Waals surface area contributed by atoms with Gasteiger partial charge in [0.15, 0.2) is 0 Å². The normalized spacial score (nSPS) is 19.7. The van der Waals surface area contributed by atoms with Crippen molar-refractivity contribution in [2.24, 2.45) is 5.92 Å². The van der Waals surface area contributed by atoms with Crippen LogP contribution in [0.1, 0.15) is 47.6 Å². The molecule has 0 radical (unpaired) electrons. The summed E-state index contributed by atoms with van der Waals surface area (Å²) in [4.78, 5) is 22.9. The number of ether oxygens (including phenoxy) is 1. The third-order valence-corrected chi connectivity index (χ3v) is 4.96. The first kappa shape index (κ1) is 16.2. The lowest BCUT2D eigenvalue weighted by molar-refractivity contribution is 0.0341. The molecule has 0 aromatic carbocycles. The number of aromatic nitrogens is 4. The molecule has 2 aromatic rings. The second-order valence-electron chi connectivity index (χ2n) is 6.71. The monoisotopic (exact) mass is 341 g/mol. The fourth-order valence-electron chi connectivity index (χ4n) is 3.42. The van der Waals surface area contributed by atoms with Gasteiger partial charge in [0.25, 0.3) is 5.91 Å². The Balaban J connectivity index is 1.60. The average molecular weight is 341 g/mol. The van der Waals surface area contributed by atoms with Crippen LogP contribution in [0.5, 0.6) is 0 Å². The molecule has 2 aromatic heterocycles. The fraction of sp³-hybridized carbons (Fsp3) is 0.556. The van der Waals surface area contributed by atoms with E-state index in [0.717, 1.165) is 25.3 Å². The van der Waals surface area contributed by atoms with E-state index in [4.69, 9.17) is 4.74 Å². The van der Waals surface area contributed by atoms with Gasteiger partial charge in [-0.3, -0.25) is 9.48 Å². The molecule has 0 unspecified atom stereocenters. The van der Waals surface area contributed by atoms with Crippen LogP contribution < -0.4 is 0 Å². The van der Waals surface area contributed by atoms with Gasteiger partial charge in [-0.15, -0.1) is 0 Å². The maximum absolute atomic E-state index is 13.0. The summed E-state index contributed by atoms with van der Waals surface area (Å²) in [6.45, 7) is 4.79. The molecule has 1 amide bonds. The highest BCUT2D eigenvalue weighted by Gasteiger charge is 2.35. The van der Waals surface area contributed by atoms with Gasteiger partial charge in [-0.2, -0.15) is 5.10 Å². The molecule has 132 valence electrons. The number of amides is 1. The lowest BCUT2D eigenvalue weighted by atomic mass is 9.99. The van der Waals surface area contributed by atoms with Gasteiger partial charge in [0.1, 0.15) is 12.0 Å². The van der Waals surface area contributed by atoms with E-state index in [-0.39, 0.29) is 11.9 Å². The van der Waals surface area contributed by atoms with Crippen LogP contribution in [0.25, 0.3) is 0 Å². The maximum atomic E-state index is 13.0. The molecule has 1 aliphatic heterocycles. The van der Waals surface area contributed by atoms with Crippen molar-refractivity contribution in [2.45, 2.75) is 38.8 Å². The lowest BCUT2D eigenvalue weighted by Gasteiger charge is -2.36. The van der Waals surface area contributed by atoms with E-state index in [2.05, 4.69) is 22.0 Å². The van der Waals surface area contributed by atoms with Crippen LogP contribution >= 0.6 is 0 Å². The summed E-state index contributed by atoms with van der Waals surface area (Å²) in [6, 6.07) is 1.55. The largest absolute Gasteiger partial charge is 0.379 e. The van der Waals surface area contributed by atoms with Crippen molar-refractivity contribution >= 4 is 5.91 Å². The Morgan fingerprint density at radius 1 is 1.36 bits per heavy atom. The van der Waals surface area contributed by atoms with Crippen LogP contribution in [0.15, 0.2) is 24.8 Å². The SMILES string of the molecule is CCn1ncc2c1[C@H](COCC1CC1)N(C(=O)c1ccncn1)CC2. The van der Waals surface area contributed by atoms with Gasteiger partial charge in [-0.25, -0.2) is 9.97 Å². The molecule has 2 aliphatic rings. The first-order valence-electron chi connectivity index (χ1n) is 8.97. The van der Waals surface area contributed by atoms with E-state index in [0.29, 0.717) is 24.8 Å². The number of hydrogen-bond donors (Lipinski definition) is 0. The van der Waals surface area contributed by atoms with Crippen molar-refractivity contribution in [3.8, 4) is 0 Å². The van der Waals surface area contributed by atoms with Gasteiger partial charge in [0, 0.05) is 25.9 Å². The summed E-state index contributed by atoms with van der Waals surface area (Å²) in [6.07, 6.45) is 8.27. The van der Waals surface area contributed by atoms with Crippen LogP contribution in [0.3, 0.4) is 0 Å². The maximum Gasteiger partial charge on any atom is 0.273 e. The third kappa shape index (κ3) is 3.28. The van der Waals surface area contributed by atoms with Crippen LogP contribution in [-0.4, -0.2) is 50.3 Å². The molecule has 7 nitrogen and oxygen atoms in total. The van der Waals surface area contributed by atoms with E-state index < -0.39 is 0 Å². The van der Waals surface area contributed by atoms with Crippen LogP contribution in [-0.2, 0) is 17.7 Å². The van der Waals surface area contributed by atoms with Crippen LogP contribution in [0, 0.1) is 5.92 Å². The standard InChI is InChI=1S/C18H23N5O2/c1-2-23-17-14(9-21-23)6-8-22(16(17)11-25-10-13-3-4-13)18(24)15-5-7-19-12-20-15/h5,7,9,12-13,16H,2-4,6,8,10-11H2,1H3/t16-/m0/s1. The molecule has 1 fully saturated rings. The summed E-state index contributed by atoms with van der Waals surface area (Å²) in [7, 11) is 0. The summed E-state index contributed by atoms with van der Waals surface area (Å²) in [5.41, 5.74) is 2.74. The predicted octanol–water partition coefficient (Wildman–Crippen LogP) is 1.86. The second-order valence-corrected chi connectivity index (χ2v) is 6.71. The van der Waals surface area contributed by atoms with Gasteiger partial charge < -0.3 is 9.64 Å². The lowest BCUT2D eigenvalue weighted by Crippen LogP contribution is -2.43. The van der Waals surface area contributed by atoms with Crippen molar-refractivity contribution in [1.29, 1.82) is 0 Å². The average Bonchev–Trinajstić information content (AvgIpc) is 3.38. The first-order chi connectivity index (χ1) is 12.3. The van der Waals surface area contributed by atoms with E-state index in [9.17, 15) is 4.79 Å². The highest BCUT2D eigenvalue weighted by atomic mass is 16.5. The van der Waals surface area contributed by atoms with Crippen LogP contribution in [0.2, 0.25) is 0 Å². The van der Waals surface area contributed by atoms with Gasteiger partial charge in [-0.1, -0.05) is 0 Å². The minimum Gasteiger partial charge on any atom is -0.379 e. The Morgan fingerprint density at radius 2 is 2.24 bits per heavy atom. The van der Waals surface area contributed by atoms with Gasteiger partial charge >= 0.3 is 0 Å². The molecule has 1 aliphatic carbocycles. The summed E-state index contributed by atoms with van der Waals surface area (Å²) < 4.78 is 7.96. The number of carbonyl (C=O) groups is 1. The van der Waals surface area contributed by atoms with E-state index in [1.54, 1.807) is 12.3 Å². The molecule has 25 heavy (non-hydrogen) atoms. The molecule has 1 atom stereocenters. The Labute approximate surface area is 147 Å². The highest BCUT2D eigenvalue weighted by Crippen LogP contribution is 2.33. The summed E-state index contributed by atoms with van der Waals surface area (Å²) >= 11 is 0. The quantitative estimate of drug-likeness (QED) is 0.802. The molecule has 1 saturated carbocycles. The Bertz CT molecular complexity index is 728. The second kappa shape index (κ2) is 6.92. The van der Waals surface area contributed by atoms with Crippen molar-refractivity contribution in [1.82, 2.24) is 24.6 Å². The Kier molecular flexibility index (Phi) is 4.48. The smallest absolute Gasteiger partial charge is 0.273 e. The zero-order chi connectivity index (χ0) is 17.2. The number of hydrogen-bond acceptors (Lipinski definition) is 5. The first-order valence-corrected chi connectivity index (χ1v) is 8.97. The topological polar surface area (TPSA) is 73.1 Å². The Morgan fingerprint density at radius 3 is 2.96 bits per heavy atom. The van der Waals surface area contributed by atoms with Crippen molar-refractivity contribution < 1.29 is 9.53 Å². The van der Waals surface area contributed by atoms with E-state index >= 15 is 0 Å². The number of carbonyl (C=O) groups excluding carboxylic acids is 1. The number of fused-ring (bicyclic) bond motifs is 1. The van der Waals surface area contributed by atoms with Crippen molar-refractivity contribution in [2.75, 3.05) is 19.8 Å². The number of rotatable bonds is 6. The molecular formula is C18H23N5O2. The zero-order valence-electron chi connectivity index (χ0n) is 14.5. The zero-order valence-corrected chi connectivity index (χ0v) is 14.5. The molecule has 4 rings (SSSR count). The minimum atomic E-state index is -0.118. The van der Waals surface area contributed by atoms with Gasteiger partial charge in [0.2, 0.25) is 0 Å². The Hall–Kier alpha value is -2.28. The number of nitrogens with zero attached hydrogens (tertiary/aromatic N) is 5. The molecule has 0 N–H and O–H groups in total. The summed E-state index contributed by atoms with van der Waals surface area (Å²) in [5, 5.41) is 4.49. The van der Waals surface area contributed by atoms with Crippen molar-refractivity contribution in [3.05, 3.63) is 41.7 Å². The van der Waals surface area contributed by atoms with E-state index in [1.807, 2.05) is 15.8 Å². The molecule has 0 bridgehead atoms. The molecule has 0 spiro atoms. The fourth-order valence-corrected chi connectivity index (χ4v) is 3.42. The highest BCUT2D eigenvalue weighted by molar-refractivity contribution is 5.92. The van der Waals surface area contributed by atoms with Crippen LogP contribution in [0.4, 0.5) is 0 Å². The minimum absolute atomic E-state index is 0.0723.